The number of halogens is 11. The van der Waals surface area contributed by atoms with Crippen LogP contribution in [0.25, 0.3) is 0 Å². The van der Waals surface area contributed by atoms with Crippen LogP contribution in [-0.2, 0) is 22.7 Å². The van der Waals surface area contributed by atoms with Gasteiger partial charge in [0.25, 0.3) is 0 Å². The predicted octanol–water partition coefficient (Wildman–Crippen LogP) is 13.7. The number of ketones is 1. The number of carbonyl (C=O) groups is 1. The van der Waals surface area contributed by atoms with Crippen molar-refractivity contribution in [2.24, 2.45) is 35.5 Å². The van der Waals surface area contributed by atoms with Gasteiger partial charge in [0.05, 0.1) is 10.1 Å². The summed E-state index contributed by atoms with van der Waals surface area (Å²) in [5.41, 5.74) is -5.86. The van der Waals surface area contributed by atoms with Gasteiger partial charge >= 0.3 is 31.2 Å². The number of rotatable bonds is 8. The van der Waals surface area contributed by atoms with Crippen LogP contribution in [0.15, 0.2) is 28.7 Å². The molecule has 0 aromatic heterocycles. The van der Waals surface area contributed by atoms with E-state index in [4.69, 9.17) is 0 Å². The molecule has 6 rings (SSSR count). The van der Waals surface area contributed by atoms with E-state index < -0.39 is 62.4 Å². The number of hydrogen-bond donors (Lipinski definition) is 1. The second kappa shape index (κ2) is 26.6. The first-order valence-corrected chi connectivity index (χ1v) is 23.3. The fourth-order valence-electron chi connectivity index (χ4n) is 9.96. The number of aliphatic hydroxyl groups is 1. The quantitative estimate of drug-likeness (QED) is 0.124. The molecule has 0 aliphatic heterocycles. The maximum atomic E-state index is 14.5. The van der Waals surface area contributed by atoms with E-state index in [2.05, 4.69) is 43.6 Å². The summed E-state index contributed by atoms with van der Waals surface area (Å²) in [6, 6.07) is 3.01. The van der Waals surface area contributed by atoms with Crippen LogP contribution in [0.1, 0.15) is 179 Å². The Kier molecular flexibility index (Phi) is 24.2. The first-order valence-electron chi connectivity index (χ1n) is 22.5. The summed E-state index contributed by atoms with van der Waals surface area (Å²) in [5.74, 6) is -1.38. The van der Waals surface area contributed by atoms with E-state index in [1.165, 1.54) is 83.5 Å². The molecule has 2 nitrogen and oxygen atoms in total. The third-order valence-corrected chi connectivity index (χ3v) is 14.1. The van der Waals surface area contributed by atoms with Crippen LogP contribution in [0.4, 0.5) is 43.9 Å². The summed E-state index contributed by atoms with van der Waals surface area (Å²) >= 11 is 2.53. The second-order valence-electron chi connectivity index (χ2n) is 17.7. The molecular weight excluding hydrogens is 885 g/mol. The van der Waals surface area contributed by atoms with Gasteiger partial charge in [-0.15, -0.1) is 0 Å². The maximum absolute atomic E-state index is 14.5. The van der Waals surface area contributed by atoms with E-state index in [0.29, 0.717) is 42.6 Å². The van der Waals surface area contributed by atoms with Crippen molar-refractivity contribution in [1.29, 1.82) is 0 Å². The van der Waals surface area contributed by atoms with E-state index in [9.17, 15) is 53.8 Å². The topological polar surface area (TPSA) is 37.3 Å². The average Bonchev–Trinajstić information content (AvgIpc) is 3.20. The number of unbranched alkanes of at least 4 members (excludes halogenated alkanes) is 1. The van der Waals surface area contributed by atoms with Gasteiger partial charge in [0, 0.05) is 18.4 Å². The molecule has 4 aliphatic carbocycles. The molecule has 1 N–H and O–H groups in total. The Morgan fingerprint density at radius 3 is 1.35 bits per heavy atom. The van der Waals surface area contributed by atoms with Gasteiger partial charge in [-0.2, -0.15) is 32.8 Å². The molecule has 14 heteroatoms. The summed E-state index contributed by atoms with van der Waals surface area (Å²) in [7, 11) is 0. The van der Waals surface area contributed by atoms with Gasteiger partial charge in [0.2, 0.25) is 0 Å². The SMILES string of the molecule is CCCC1CCC(C2CCC(=O)CC2)CC1.CCCC1CCC(C2CCC(O)(c3ccc(F)c(C(F)(F)F)c3F)CC2)CC1.Fc1ccc(Br)c(F)c1C(F)(F)F.[CH2-]CCC.[Li+]. The molecule has 348 valence electrons. The molecule has 0 bridgehead atoms. The van der Waals surface area contributed by atoms with Crippen LogP contribution >= 0.6 is 15.9 Å². The molecule has 4 aliphatic rings. The maximum Gasteiger partial charge on any atom is 1.00 e. The summed E-state index contributed by atoms with van der Waals surface area (Å²) in [4.78, 5) is 11.2. The fourth-order valence-corrected chi connectivity index (χ4v) is 10.3. The first kappa shape index (κ1) is 56.6. The number of alkyl halides is 6. The Morgan fingerprint density at radius 2 is 0.984 bits per heavy atom. The largest absolute Gasteiger partial charge is 1.00 e. The Hall–Kier alpha value is -1.55. The third kappa shape index (κ3) is 16.7. The Labute approximate surface area is 383 Å². The van der Waals surface area contributed by atoms with Crippen molar-refractivity contribution in [3.63, 3.8) is 0 Å². The number of hydrogen-bond acceptors (Lipinski definition) is 2. The summed E-state index contributed by atoms with van der Waals surface area (Å²) < 4.78 is 128. The zero-order chi connectivity index (χ0) is 45.5. The van der Waals surface area contributed by atoms with Crippen molar-refractivity contribution >= 4 is 21.7 Å². The van der Waals surface area contributed by atoms with Crippen LogP contribution in [0.3, 0.4) is 0 Å². The molecule has 0 radical (unpaired) electrons. The van der Waals surface area contributed by atoms with Crippen molar-refractivity contribution in [3.8, 4) is 0 Å². The van der Waals surface area contributed by atoms with Gasteiger partial charge in [0.15, 0.2) is 5.82 Å². The standard InChI is InChI=1S/C22H29F5O.C15H26O.C7H2BrF5.C4H9.Li/c1-2-3-14-4-6-15(7-5-14)16-10-12-21(28,13-11-16)17-8-9-18(23)19(20(17)24)22(25,26)27;1-2-3-12-4-6-13(7-5-12)14-8-10-15(16)11-9-14;8-3-1-2-4(9)5(6(3)10)7(11,12)13;1-3-4-2;/h8-9,14-16,28H,2-7,10-13H2,1H3;12-14H,2-11H2,1H3;1-2H;1,3-4H2,2H3;/q;;;-1;+1. The Balaban J connectivity index is 0.000000329. The van der Waals surface area contributed by atoms with Crippen LogP contribution in [0, 0.1) is 65.7 Å². The van der Waals surface area contributed by atoms with Gasteiger partial charge in [-0.3, -0.25) is 4.79 Å². The number of benzene rings is 2. The Morgan fingerprint density at radius 1 is 0.613 bits per heavy atom. The van der Waals surface area contributed by atoms with Gasteiger partial charge in [-0.1, -0.05) is 84.6 Å². The zero-order valence-corrected chi connectivity index (χ0v) is 38.6. The predicted molar refractivity (Wildman–Crippen MR) is 224 cm³/mol. The molecule has 4 fully saturated rings. The van der Waals surface area contributed by atoms with E-state index in [0.717, 1.165) is 67.9 Å². The summed E-state index contributed by atoms with van der Waals surface area (Å²) in [5, 5.41) is 10.9. The molecule has 0 amide bonds. The molecule has 2 aromatic carbocycles. The molecule has 62 heavy (non-hydrogen) atoms. The van der Waals surface area contributed by atoms with Crippen LogP contribution in [0.2, 0.25) is 0 Å². The number of Topliss-reactive ketones (excluding diaryl/α,β-unsaturated/α-hetero) is 1. The van der Waals surface area contributed by atoms with Crippen LogP contribution in [0.5, 0.6) is 0 Å². The number of carbonyl (C=O) groups excluding carboxylic acids is 1. The summed E-state index contributed by atoms with van der Waals surface area (Å²) in [6.07, 6.45) is 13.9. The van der Waals surface area contributed by atoms with Gasteiger partial charge < -0.3 is 12.0 Å². The van der Waals surface area contributed by atoms with Crippen LogP contribution in [-0.4, -0.2) is 10.9 Å². The Bertz CT molecular complexity index is 1610. The molecule has 0 saturated heterocycles. The summed E-state index contributed by atoms with van der Waals surface area (Å²) in [6.45, 7) is 10.2. The van der Waals surface area contributed by atoms with Gasteiger partial charge in [0.1, 0.15) is 34.4 Å². The molecule has 0 unspecified atom stereocenters. The molecule has 0 spiro atoms. The van der Waals surface area contributed by atoms with Gasteiger partial charge in [-0.25, -0.2) is 17.6 Å². The fraction of sp³-hybridized carbons (Fsp3) is 0.708. The van der Waals surface area contributed by atoms with Crippen molar-refractivity contribution in [2.45, 2.75) is 180 Å². The van der Waals surface area contributed by atoms with Crippen molar-refractivity contribution in [3.05, 3.63) is 75.6 Å². The normalized spacial score (nSPS) is 25.8. The van der Waals surface area contributed by atoms with E-state index >= 15 is 0 Å². The second-order valence-corrected chi connectivity index (χ2v) is 18.6. The monoisotopic (exact) mass is 950 g/mol. The van der Waals surface area contributed by atoms with Crippen molar-refractivity contribution < 1.29 is 72.7 Å². The third-order valence-electron chi connectivity index (χ3n) is 13.5. The minimum atomic E-state index is -5.13. The van der Waals surface area contributed by atoms with Gasteiger partial charge in [-0.05, 0) is 134 Å². The molecule has 4 saturated carbocycles. The van der Waals surface area contributed by atoms with Crippen LogP contribution < -0.4 is 18.9 Å². The van der Waals surface area contributed by atoms with Crippen molar-refractivity contribution in [2.75, 3.05) is 0 Å². The molecule has 2 aromatic rings. The smallest absolute Gasteiger partial charge is 0.385 e. The zero-order valence-electron chi connectivity index (χ0n) is 37.1. The molecule has 0 atom stereocenters. The van der Waals surface area contributed by atoms with Crippen molar-refractivity contribution in [1.82, 2.24) is 0 Å². The minimum Gasteiger partial charge on any atom is -0.385 e. The molecular formula is C48H66BrF10LiO2. The molecule has 0 heterocycles. The first-order chi connectivity index (χ1) is 28.7. The average molecular weight is 952 g/mol. The minimum absolute atomic E-state index is 0. The van der Waals surface area contributed by atoms with E-state index in [-0.39, 0.29) is 31.7 Å². The van der Waals surface area contributed by atoms with E-state index in [1.807, 2.05) is 0 Å². The van der Waals surface area contributed by atoms with E-state index in [1.54, 1.807) is 0 Å².